The van der Waals surface area contributed by atoms with Crippen molar-refractivity contribution in [3.8, 4) is 5.75 Å². The predicted molar refractivity (Wildman–Crippen MR) is 67.4 cm³/mol. The molecule has 0 aliphatic rings. The van der Waals surface area contributed by atoms with Crippen molar-refractivity contribution in [2.24, 2.45) is 0 Å². The molecule has 0 aromatic carbocycles. The molecule has 0 radical (unpaired) electrons. The quantitative estimate of drug-likeness (QED) is 0.869. The molecule has 5 heteroatoms. The van der Waals surface area contributed by atoms with E-state index in [0.29, 0.717) is 18.1 Å². The SMILES string of the molecule is Cc1ccc(OCCn2ccnc2C)c(CO)n1. The molecular weight excluding hydrogens is 230 g/mol. The summed E-state index contributed by atoms with van der Waals surface area (Å²) >= 11 is 0. The normalized spacial score (nSPS) is 10.6. The van der Waals surface area contributed by atoms with Gasteiger partial charge in [0, 0.05) is 18.1 Å². The molecule has 2 heterocycles. The maximum absolute atomic E-state index is 9.21. The van der Waals surface area contributed by atoms with Crippen LogP contribution in [0.4, 0.5) is 0 Å². The van der Waals surface area contributed by atoms with Gasteiger partial charge in [0.15, 0.2) is 0 Å². The highest BCUT2D eigenvalue weighted by Gasteiger charge is 2.05. The van der Waals surface area contributed by atoms with E-state index in [0.717, 1.165) is 18.1 Å². The van der Waals surface area contributed by atoms with Gasteiger partial charge in [-0.25, -0.2) is 4.98 Å². The van der Waals surface area contributed by atoms with Crippen LogP contribution in [0.15, 0.2) is 24.5 Å². The van der Waals surface area contributed by atoms with Crippen molar-refractivity contribution in [3.05, 3.63) is 41.7 Å². The summed E-state index contributed by atoms with van der Waals surface area (Å²) in [6.45, 7) is 4.98. The van der Waals surface area contributed by atoms with Gasteiger partial charge in [0.1, 0.15) is 23.9 Å². The Morgan fingerprint density at radius 1 is 1.33 bits per heavy atom. The van der Waals surface area contributed by atoms with Gasteiger partial charge in [-0.05, 0) is 26.0 Å². The van der Waals surface area contributed by atoms with Crippen LogP contribution in [0.1, 0.15) is 17.2 Å². The summed E-state index contributed by atoms with van der Waals surface area (Å²) in [5.41, 5.74) is 1.45. The van der Waals surface area contributed by atoms with E-state index < -0.39 is 0 Å². The number of hydrogen-bond acceptors (Lipinski definition) is 4. The fourth-order valence-corrected chi connectivity index (χ4v) is 1.74. The minimum absolute atomic E-state index is 0.110. The molecule has 96 valence electrons. The fraction of sp³-hybridized carbons (Fsp3) is 0.385. The second-order valence-corrected chi connectivity index (χ2v) is 4.07. The number of imidazole rings is 1. The van der Waals surface area contributed by atoms with Crippen LogP contribution < -0.4 is 4.74 Å². The van der Waals surface area contributed by atoms with E-state index in [1.54, 1.807) is 6.20 Å². The molecule has 0 atom stereocenters. The van der Waals surface area contributed by atoms with E-state index in [1.807, 2.05) is 36.7 Å². The summed E-state index contributed by atoms with van der Waals surface area (Å²) in [6.07, 6.45) is 3.68. The molecule has 18 heavy (non-hydrogen) atoms. The summed E-state index contributed by atoms with van der Waals surface area (Å²) in [7, 11) is 0. The van der Waals surface area contributed by atoms with E-state index >= 15 is 0 Å². The van der Waals surface area contributed by atoms with Crippen LogP contribution in [-0.4, -0.2) is 26.2 Å². The first-order valence-electron chi connectivity index (χ1n) is 5.88. The number of ether oxygens (including phenoxy) is 1. The molecule has 0 saturated heterocycles. The van der Waals surface area contributed by atoms with E-state index in [2.05, 4.69) is 9.97 Å². The maximum Gasteiger partial charge on any atom is 0.143 e. The Hall–Kier alpha value is -1.88. The first-order chi connectivity index (χ1) is 8.70. The molecule has 2 aromatic heterocycles. The Morgan fingerprint density at radius 3 is 2.83 bits per heavy atom. The van der Waals surface area contributed by atoms with Crippen LogP contribution in [0.2, 0.25) is 0 Å². The maximum atomic E-state index is 9.21. The zero-order chi connectivity index (χ0) is 13.0. The second-order valence-electron chi connectivity index (χ2n) is 4.07. The van der Waals surface area contributed by atoms with Crippen molar-refractivity contribution < 1.29 is 9.84 Å². The van der Waals surface area contributed by atoms with Gasteiger partial charge in [0.05, 0.1) is 13.2 Å². The molecule has 1 N–H and O–H groups in total. The minimum Gasteiger partial charge on any atom is -0.490 e. The number of aliphatic hydroxyl groups excluding tert-OH is 1. The monoisotopic (exact) mass is 247 g/mol. The van der Waals surface area contributed by atoms with Crippen molar-refractivity contribution in [2.75, 3.05) is 6.61 Å². The first-order valence-corrected chi connectivity index (χ1v) is 5.88. The summed E-state index contributed by atoms with van der Waals surface area (Å²) in [5, 5.41) is 9.21. The average molecular weight is 247 g/mol. The molecule has 0 amide bonds. The van der Waals surface area contributed by atoms with Gasteiger partial charge in [-0.1, -0.05) is 0 Å². The molecule has 0 bridgehead atoms. The van der Waals surface area contributed by atoms with Crippen molar-refractivity contribution >= 4 is 0 Å². The summed E-state index contributed by atoms with van der Waals surface area (Å²) in [4.78, 5) is 8.37. The van der Waals surface area contributed by atoms with Crippen LogP contribution in [0.25, 0.3) is 0 Å². The molecule has 2 rings (SSSR count). The molecule has 0 spiro atoms. The Bertz CT molecular complexity index is 523. The highest BCUT2D eigenvalue weighted by atomic mass is 16.5. The summed E-state index contributed by atoms with van der Waals surface area (Å²) < 4.78 is 7.65. The Labute approximate surface area is 106 Å². The van der Waals surface area contributed by atoms with Gasteiger partial charge in [0.25, 0.3) is 0 Å². The lowest BCUT2D eigenvalue weighted by molar-refractivity contribution is 0.252. The molecular formula is C13H17N3O2. The van der Waals surface area contributed by atoms with Crippen molar-refractivity contribution in [2.45, 2.75) is 27.0 Å². The molecule has 0 saturated carbocycles. The third-order valence-corrected chi connectivity index (χ3v) is 2.73. The standard InChI is InChI=1S/C13H17N3O2/c1-10-3-4-13(12(9-17)15-10)18-8-7-16-6-5-14-11(16)2/h3-6,17H,7-9H2,1-2H3. The van der Waals surface area contributed by atoms with Crippen LogP contribution in [0.5, 0.6) is 5.75 Å². The van der Waals surface area contributed by atoms with Crippen molar-refractivity contribution in [3.63, 3.8) is 0 Å². The number of aryl methyl sites for hydroxylation is 2. The van der Waals surface area contributed by atoms with Crippen LogP contribution in [0.3, 0.4) is 0 Å². The molecule has 0 fully saturated rings. The van der Waals surface area contributed by atoms with Crippen LogP contribution in [0, 0.1) is 13.8 Å². The number of aliphatic hydroxyl groups is 1. The predicted octanol–water partition coefficient (Wildman–Crippen LogP) is 1.47. The van der Waals surface area contributed by atoms with Gasteiger partial charge >= 0.3 is 0 Å². The lowest BCUT2D eigenvalue weighted by Gasteiger charge is -2.11. The lowest BCUT2D eigenvalue weighted by Crippen LogP contribution is -2.10. The van der Waals surface area contributed by atoms with Crippen molar-refractivity contribution in [1.29, 1.82) is 0 Å². The second kappa shape index (κ2) is 5.64. The minimum atomic E-state index is -0.110. The van der Waals surface area contributed by atoms with Gasteiger partial charge in [-0.3, -0.25) is 4.98 Å². The molecule has 0 unspecified atom stereocenters. The van der Waals surface area contributed by atoms with E-state index in [-0.39, 0.29) is 6.61 Å². The van der Waals surface area contributed by atoms with Gasteiger partial charge in [-0.15, -0.1) is 0 Å². The third-order valence-electron chi connectivity index (χ3n) is 2.73. The summed E-state index contributed by atoms with van der Waals surface area (Å²) in [5.74, 6) is 1.60. The van der Waals surface area contributed by atoms with E-state index in [9.17, 15) is 5.11 Å². The highest BCUT2D eigenvalue weighted by molar-refractivity contribution is 5.28. The van der Waals surface area contributed by atoms with E-state index in [4.69, 9.17) is 4.74 Å². The third kappa shape index (κ3) is 2.87. The molecule has 5 nitrogen and oxygen atoms in total. The smallest absolute Gasteiger partial charge is 0.143 e. The van der Waals surface area contributed by atoms with Gasteiger partial charge in [-0.2, -0.15) is 0 Å². The number of nitrogens with zero attached hydrogens (tertiary/aromatic N) is 3. The molecule has 0 aliphatic carbocycles. The Balaban J connectivity index is 1.96. The van der Waals surface area contributed by atoms with E-state index in [1.165, 1.54) is 0 Å². The highest BCUT2D eigenvalue weighted by Crippen LogP contribution is 2.16. The number of pyridine rings is 1. The first kappa shape index (κ1) is 12.6. The number of rotatable bonds is 5. The van der Waals surface area contributed by atoms with Crippen molar-refractivity contribution in [1.82, 2.24) is 14.5 Å². The van der Waals surface area contributed by atoms with Crippen LogP contribution in [-0.2, 0) is 13.2 Å². The molecule has 0 aliphatic heterocycles. The number of aromatic nitrogens is 3. The van der Waals surface area contributed by atoms with Gasteiger partial charge in [0.2, 0.25) is 0 Å². The zero-order valence-corrected chi connectivity index (χ0v) is 10.6. The fourth-order valence-electron chi connectivity index (χ4n) is 1.74. The largest absolute Gasteiger partial charge is 0.490 e. The summed E-state index contributed by atoms with van der Waals surface area (Å²) in [6, 6.07) is 3.71. The number of hydrogen-bond donors (Lipinski definition) is 1. The zero-order valence-electron chi connectivity index (χ0n) is 10.6. The van der Waals surface area contributed by atoms with Gasteiger partial charge < -0.3 is 14.4 Å². The molecule has 2 aromatic rings. The Morgan fingerprint density at radius 2 is 2.17 bits per heavy atom. The average Bonchev–Trinajstić information content (AvgIpc) is 2.77. The van der Waals surface area contributed by atoms with Crippen LogP contribution >= 0.6 is 0 Å². The lowest BCUT2D eigenvalue weighted by atomic mass is 10.3. The topological polar surface area (TPSA) is 60.2 Å². The Kier molecular flexibility index (Phi) is 3.94.